The number of rotatable bonds is 11. The maximum Gasteiger partial charge on any atom is 0.314 e. The van der Waals surface area contributed by atoms with Gasteiger partial charge in [-0.3, -0.25) is 19.2 Å². The first-order chi connectivity index (χ1) is 17.7. The number of nitrogens with two attached hydrogens (primary N) is 1. The molecular formula is C28H36N4O5. The van der Waals surface area contributed by atoms with Crippen molar-refractivity contribution in [3.63, 3.8) is 0 Å². The minimum Gasteiger partial charge on any atom is -0.451 e. The maximum absolute atomic E-state index is 13.1. The molecular weight excluding hydrogens is 472 g/mol. The van der Waals surface area contributed by atoms with Gasteiger partial charge in [0.05, 0.1) is 6.04 Å². The van der Waals surface area contributed by atoms with E-state index in [2.05, 4.69) is 16.0 Å². The van der Waals surface area contributed by atoms with Gasteiger partial charge in [-0.05, 0) is 47.9 Å². The molecule has 0 aromatic heterocycles. The molecule has 2 aromatic carbocycles. The number of carbonyl (C=O) groups is 4. The predicted octanol–water partition coefficient (Wildman–Crippen LogP) is 1.77. The van der Waals surface area contributed by atoms with E-state index in [1.165, 1.54) is 0 Å². The summed E-state index contributed by atoms with van der Waals surface area (Å²) < 4.78 is 5.12. The molecule has 2 fully saturated rings. The number of cyclic esters (lactones) is 1. The lowest BCUT2D eigenvalue weighted by molar-refractivity contribution is -0.193. The van der Waals surface area contributed by atoms with Crippen LogP contribution in [-0.2, 0) is 30.5 Å². The molecule has 1 saturated heterocycles. The van der Waals surface area contributed by atoms with Crippen LogP contribution in [0.4, 0.5) is 0 Å². The van der Waals surface area contributed by atoms with Gasteiger partial charge >= 0.3 is 5.97 Å². The number of nitrogens with one attached hydrogen (secondary N) is 3. The smallest absolute Gasteiger partial charge is 0.314 e. The zero-order chi connectivity index (χ0) is 26.7. The van der Waals surface area contributed by atoms with Gasteiger partial charge in [0, 0.05) is 12.6 Å². The molecule has 0 spiro atoms. The highest BCUT2D eigenvalue weighted by molar-refractivity contribution is 5.94. The lowest BCUT2D eigenvalue weighted by Gasteiger charge is -2.37. The Morgan fingerprint density at radius 3 is 2.51 bits per heavy atom. The van der Waals surface area contributed by atoms with Crippen LogP contribution in [0.5, 0.6) is 0 Å². The number of ether oxygens (including phenoxy) is 1. The summed E-state index contributed by atoms with van der Waals surface area (Å²) in [6.07, 6.45) is 1.07. The maximum atomic E-state index is 13.1. The minimum atomic E-state index is -0.783. The van der Waals surface area contributed by atoms with Crippen LogP contribution >= 0.6 is 0 Å². The van der Waals surface area contributed by atoms with Crippen LogP contribution < -0.4 is 21.7 Å². The van der Waals surface area contributed by atoms with E-state index in [9.17, 15) is 19.2 Å². The zero-order valence-electron chi connectivity index (χ0n) is 21.5. The van der Waals surface area contributed by atoms with E-state index >= 15 is 0 Å². The first-order valence-electron chi connectivity index (χ1n) is 13.0. The SMILES string of the molecule is CCC(C)[C@@H]1C(=O)OC1C(=O)N[C@H]1C[C@@H]1C[C@H](NC(=O)[C@H](C)N)C(=O)NCc1cccc2ccccc12. The van der Waals surface area contributed by atoms with Crippen molar-refractivity contribution in [1.82, 2.24) is 16.0 Å². The molecule has 7 atom stereocenters. The van der Waals surface area contributed by atoms with Gasteiger partial charge < -0.3 is 26.4 Å². The fraction of sp³-hybridized carbons (Fsp3) is 0.500. The monoisotopic (exact) mass is 508 g/mol. The molecule has 2 unspecified atom stereocenters. The molecule has 9 nitrogen and oxygen atoms in total. The molecule has 1 heterocycles. The molecule has 5 N–H and O–H groups in total. The van der Waals surface area contributed by atoms with E-state index < -0.39 is 30.0 Å². The quantitative estimate of drug-likeness (QED) is 0.341. The van der Waals surface area contributed by atoms with Crippen LogP contribution in [0.1, 0.15) is 45.6 Å². The Morgan fingerprint density at radius 2 is 1.81 bits per heavy atom. The van der Waals surface area contributed by atoms with Crippen LogP contribution in [0.2, 0.25) is 0 Å². The average molecular weight is 509 g/mol. The van der Waals surface area contributed by atoms with E-state index in [0.29, 0.717) is 19.4 Å². The molecule has 37 heavy (non-hydrogen) atoms. The van der Waals surface area contributed by atoms with Crippen molar-refractivity contribution in [1.29, 1.82) is 0 Å². The van der Waals surface area contributed by atoms with Crippen molar-refractivity contribution in [2.75, 3.05) is 0 Å². The number of carbonyl (C=O) groups excluding carboxylic acids is 4. The van der Waals surface area contributed by atoms with Gasteiger partial charge in [-0.25, -0.2) is 0 Å². The third-order valence-corrected chi connectivity index (χ3v) is 7.53. The molecule has 4 rings (SSSR count). The largest absolute Gasteiger partial charge is 0.451 e. The number of fused-ring (bicyclic) bond motifs is 1. The fourth-order valence-electron chi connectivity index (χ4n) is 4.87. The van der Waals surface area contributed by atoms with Crippen molar-refractivity contribution in [2.45, 2.75) is 70.8 Å². The third kappa shape index (κ3) is 6.10. The van der Waals surface area contributed by atoms with Gasteiger partial charge in [0.1, 0.15) is 12.0 Å². The van der Waals surface area contributed by atoms with Crippen LogP contribution in [0.25, 0.3) is 10.8 Å². The Balaban J connectivity index is 1.35. The second-order valence-corrected chi connectivity index (χ2v) is 10.3. The molecule has 0 bridgehead atoms. The first-order valence-corrected chi connectivity index (χ1v) is 13.0. The summed E-state index contributed by atoms with van der Waals surface area (Å²) in [5.41, 5.74) is 6.70. The van der Waals surface area contributed by atoms with Gasteiger partial charge in [-0.1, -0.05) is 62.7 Å². The molecule has 1 saturated carbocycles. The molecule has 2 aliphatic rings. The van der Waals surface area contributed by atoms with Crippen LogP contribution in [-0.4, -0.2) is 47.9 Å². The first kappa shape index (κ1) is 26.6. The van der Waals surface area contributed by atoms with Crippen LogP contribution in [0, 0.1) is 17.8 Å². The van der Waals surface area contributed by atoms with Gasteiger partial charge in [0.15, 0.2) is 6.10 Å². The highest BCUT2D eigenvalue weighted by Crippen LogP contribution is 2.37. The summed E-state index contributed by atoms with van der Waals surface area (Å²) in [5.74, 6) is -1.68. The van der Waals surface area contributed by atoms with Crippen LogP contribution in [0.15, 0.2) is 42.5 Å². The summed E-state index contributed by atoms with van der Waals surface area (Å²) in [4.78, 5) is 50.0. The number of hydrogen-bond acceptors (Lipinski definition) is 6. The van der Waals surface area contributed by atoms with Gasteiger partial charge in [0.2, 0.25) is 11.8 Å². The van der Waals surface area contributed by atoms with Gasteiger partial charge in [0.25, 0.3) is 5.91 Å². The average Bonchev–Trinajstić information content (AvgIpc) is 3.61. The molecule has 2 aromatic rings. The summed E-state index contributed by atoms with van der Waals surface area (Å²) in [6.45, 7) is 5.80. The Labute approximate surface area is 216 Å². The lowest BCUT2D eigenvalue weighted by Crippen LogP contribution is -2.56. The fourth-order valence-corrected chi connectivity index (χ4v) is 4.87. The topological polar surface area (TPSA) is 140 Å². The summed E-state index contributed by atoms with van der Waals surface area (Å²) in [5, 5.41) is 10.8. The lowest BCUT2D eigenvalue weighted by atomic mass is 9.83. The number of esters is 1. The normalized spacial score (nSPS) is 24.7. The highest BCUT2D eigenvalue weighted by Gasteiger charge is 2.51. The molecule has 1 aliphatic heterocycles. The standard InChI is InChI=1S/C28H36N4O5/c1-4-15(2)23-24(37-28(23)36)27(35)31-21-12-19(21)13-22(32-25(33)16(3)29)26(34)30-14-18-10-7-9-17-8-5-6-11-20(17)18/h5-11,15-16,19,21-24H,4,12-14,29H2,1-3H3,(H,30,34)(H,31,35)(H,32,33)/t15?,16-,19+,21-,22-,23-,24?/m0/s1. The Kier molecular flexibility index (Phi) is 8.12. The van der Waals surface area contributed by atoms with E-state index in [-0.39, 0.29) is 35.7 Å². The molecule has 9 heteroatoms. The van der Waals surface area contributed by atoms with E-state index in [1.807, 2.05) is 56.3 Å². The van der Waals surface area contributed by atoms with Crippen molar-refractivity contribution in [2.24, 2.45) is 23.5 Å². The highest BCUT2D eigenvalue weighted by atomic mass is 16.6. The third-order valence-electron chi connectivity index (χ3n) is 7.53. The number of amides is 3. The zero-order valence-corrected chi connectivity index (χ0v) is 21.5. The minimum absolute atomic E-state index is 0.0171. The predicted molar refractivity (Wildman–Crippen MR) is 139 cm³/mol. The van der Waals surface area contributed by atoms with Crippen molar-refractivity contribution >= 4 is 34.5 Å². The molecule has 1 aliphatic carbocycles. The number of benzene rings is 2. The van der Waals surface area contributed by atoms with Gasteiger partial charge in [-0.2, -0.15) is 0 Å². The van der Waals surface area contributed by atoms with E-state index in [4.69, 9.17) is 10.5 Å². The molecule has 198 valence electrons. The molecule has 0 radical (unpaired) electrons. The van der Waals surface area contributed by atoms with Crippen molar-refractivity contribution < 1.29 is 23.9 Å². The Bertz CT molecular complexity index is 1180. The second kappa shape index (κ2) is 11.3. The van der Waals surface area contributed by atoms with Crippen molar-refractivity contribution in [3.8, 4) is 0 Å². The Hall–Kier alpha value is -3.46. The molecule has 3 amide bonds. The van der Waals surface area contributed by atoms with Crippen molar-refractivity contribution in [3.05, 3.63) is 48.0 Å². The van der Waals surface area contributed by atoms with E-state index in [1.54, 1.807) is 6.92 Å². The second-order valence-electron chi connectivity index (χ2n) is 10.3. The van der Waals surface area contributed by atoms with Crippen LogP contribution in [0.3, 0.4) is 0 Å². The summed E-state index contributed by atoms with van der Waals surface area (Å²) in [7, 11) is 0. The summed E-state index contributed by atoms with van der Waals surface area (Å²) >= 11 is 0. The summed E-state index contributed by atoms with van der Waals surface area (Å²) in [6, 6.07) is 12.2. The number of hydrogen-bond donors (Lipinski definition) is 4. The van der Waals surface area contributed by atoms with Gasteiger partial charge in [-0.15, -0.1) is 0 Å². The Morgan fingerprint density at radius 1 is 1.08 bits per heavy atom. The van der Waals surface area contributed by atoms with E-state index in [0.717, 1.165) is 22.8 Å².